The first kappa shape index (κ1) is 15.1. The summed E-state index contributed by atoms with van der Waals surface area (Å²) in [6.45, 7) is 0.437. The fraction of sp³-hybridized carbons (Fsp3) is 0.143. The SMILES string of the molecule is COc1cccc(Cl)c1CNc1c(Cl)cc(N)cc1Cl. The summed E-state index contributed by atoms with van der Waals surface area (Å²) in [5, 5.41) is 4.69. The Hall–Kier alpha value is -1.29. The van der Waals surface area contributed by atoms with E-state index in [0.29, 0.717) is 38.7 Å². The number of halogens is 3. The van der Waals surface area contributed by atoms with Gasteiger partial charge in [0, 0.05) is 22.8 Å². The highest BCUT2D eigenvalue weighted by Gasteiger charge is 2.11. The van der Waals surface area contributed by atoms with Gasteiger partial charge >= 0.3 is 0 Å². The fourth-order valence-electron chi connectivity index (χ4n) is 1.84. The van der Waals surface area contributed by atoms with Crippen LogP contribution in [-0.2, 0) is 6.54 Å². The lowest BCUT2D eigenvalue weighted by molar-refractivity contribution is 0.410. The number of nitrogens with one attached hydrogen (secondary N) is 1. The number of benzene rings is 2. The van der Waals surface area contributed by atoms with Gasteiger partial charge in [0.1, 0.15) is 5.75 Å². The lowest BCUT2D eigenvalue weighted by Gasteiger charge is -2.14. The standard InChI is InChI=1S/C14H13Cl3N2O/c1-20-13-4-2-3-10(15)9(13)7-19-14-11(16)5-8(18)6-12(14)17/h2-6,19H,7,18H2,1H3. The van der Waals surface area contributed by atoms with E-state index < -0.39 is 0 Å². The Labute approximate surface area is 132 Å². The van der Waals surface area contributed by atoms with Crippen molar-refractivity contribution in [3.63, 3.8) is 0 Å². The molecule has 0 radical (unpaired) electrons. The number of nitrogens with two attached hydrogens (primary N) is 1. The van der Waals surface area contributed by atoms with Crippen molar-refractivity contribution < 1.29 is 4.74 Å². The molecule has 0 heterocycles. The molecule has 2 aromatic carbocycles. The van der Waals surface area contributed by atoms with Gasteiger partial charge < -0.3 is 15.8 Å². The van der Waals surface area contributed by atoms with Crippen molar-refractivity contribution >= 4 is 46.2 Å². The first-order valence-corrected chi connectivity index (χ1v) is 6.96. The molecule has 3 N–H and O–H groups in total. The molecule has 3 nitrogen and oxygen atoms in total. The molecule has 0 unspecified atom stereocenters. The summed E-state index contributed by atoms with van der Waals surface area (Å²) in [7, 11) is 1.60. The minimum atomic E-state index is 0.437. The van der Waals surface area contributed by atoms with Gasteiger partial charge in [0.15, 0.2) is 0 Å². The summed E-state index contributed by atoms with van der Waals surface area (Å²) >= 11 is 18.4. The zero-order valence-corrected chi connectivity index (χ0v) is 13.0. The number of nitrogen functional groups attached to an aromatic ring is 1. The van der Waals surface area contributed by atoms with Crippen molar-refractivity contribution in [3.8, 4) is 5.75 Å². The molecule has 0 aliphatic heterocycles. The Bertz CT molecular complexity index is 609. The molecule has 2 aromatic rings. The lowest BCUT2D eigenvalue weighted by Crippen LogP contribution is -2.04. The third-order valence-corrected chi connectivity index (χ3v) is 3.75. The van der Waals surface area contributed by atoms with Crippen LogP contribution in [0.3, 0.4) is 0 Å². The molecule has 106 valence electrons. The molecular weight excluding hydrogens is 319 g/mol. The number of hydrogen-bond acceptors (Lipinski definition) is 3. The molecule has 6 heteroatoms. The van der Waals surface area contributed by atoms with Crippen molar-refractivity contribution in [3.05, 3.63) is 51.0 Å². The van der Waals surface area contributed by atoms with E-state index in [-0.39, 0.29) is 0 Å². The zero-order chi connectivity index (χ0) is 14.7. The van der Waals surface area contributed by atoms with Gasteiger partial charge in [0.05, 0.1) is 22.8 Å². The number of rotatable bonds is 4. The molecule has 0 fully saturated rings. The maximum Gasteiger partial charge on any atom is 0.125 e. The first-order chi connectivity index (χ1) is 9.52. The normalized spacial score (nSPS) is 10.4. The topological polar surface area (TPSA) is 47.3 Å². The van der Waals surface area contributed by atoms with Crippen molar-refractivity contribution in [1.29, 1.82) is 0 Å². The quantitative estimate of drug-likeness (QED) is 0.787. The molecule has 0 bridgehead atoms. The van der Waals surface area contributed by atoms with Crippen LogP contribution < -0.4 is 15.8 Å². The Balaban J connectivity index is 2.26. The number of anilines is 2. The van der Waals surface area contributed by atoms with Crippen LogP contribution in [0.5, 0.6) is 5.75 Å². The molecule has 0 atom stereocenters. The van der Waals surface area contributed by atoms with Crippen molar-refractivity contribution in [2.75, 3.05) is 18.2 Å². The van der Waals surface area contributed by atoms with Crippen LogP contribution in [-0.4, -0.2) is 7.11 Å². The van der Waals surface area contributed by atoms with Gasteiger partial charge in [0.25, 0.3) is 0 Å². The second-order valence-corrected chi connectivity index (χ2v) is 5.36. The number of hydrogen-bond donors (Lipinski definition) is 2. The summed E-state index contributed by atoms with van der Waals surface area (Å²) in [5.41, 5.74) is 7.63. The van der Waals surface area contributed by atoms with Gasteiger partial charge in [-0.3, -0.25) is 0 Å². The predicted molar refractivity (Wildman–Crippen MR) is 86.2 cm³/mol. The monoisotopic (exact) mass is 330 g/mol. The second kappa shape index (κ2) is 6.44. The predicted octanol–water partition coefficient (Wildman–Crippen LogP) is 4.85. The Morgan fingerprint density at radius 3 is 2.35 bits per heavy atom. The second-order valence-electron chi connectivity index (χ2n) is 4.13. The van der Waals surface area contributed by atoms with E-state index in [4.69, 9.17) is 45.3 Å². The average molecular weight is 332 g/mol. The van der Waals surface area contributed by atoms with E-state index in [9.17, 15) is 0 Å². The first-order valence-electron chi connectivity index (χ1n) is 5.82. The third kappa shape index (κ3) is 3.23. The van der Waals surface area contributed by atoms with Crippen molar-refractivity contribution in [2.45, 2.75) is 6.54 Å². The van der Waals surface area contributed by atoms with Gasteiger partial charge in [-0.05, 0) is 24.3 Å². The van der Waals surface area contributed by atoms with Crippen molar-refractivity contribution in [2.24, 2.45) is 0 Å². The summed E-state index contributed by atoms with van der Waals surface area (Å²) in [5.74, 6) is 0.702. The molecule has 0 spiro atoms. The van der Waals surface area contributed by atoms with Crippen LogP contribution in [0.1, 0.15) is 5.56 Å². The van der Waals surface area contributed by atoms with Gasteiger partial charge in [0.2, 0.25) is 0 Å². The molecule has 20 heavy (non-hydrogen) atoms. The average Bonchev–Trinajstić information content (AvgIpc) is 2.38. The molecule has 0 aliphatic carbocycles. The highest BCUT2D eigenvalue weighted by atomic mass is 35.5. The highest BCUT2D eigenvalue weighted by Crippen LogP contribution is 2.34. The van der Waals surface area contributed by atoms with Crippen molar-refractivity contribution in [1.82, 2.24) is 0 Å². The molecule has 0 saturated carbocycles. The summed E-state index contributed by atoms with van der Waals surface area (Å²) in [4.78, 5) is 0. The van der Waals surface area contributed by atoms with Crippen LogP contribution in [0.2, 0.25) is 15.1 Å². The Morgan fingerprint density at radius 2 is 1.75 bits per heavy atom. The van der Waals surface area contributed by atoms with E-state index in [0.717, 1.165) is 5.56 Å². The van der Waals surface area contributed by atoms with Crippen LogP contribution in [0.15, 0.2) is 30.3 Å². The molecule has 2 rings (SSSR count). The largest absolute Gasteiger partial charge is 0.496 e. The molecule has 0 aromatic heterocycles. The lowest BCUT2D eigenvalue weighted by atomic mass is 10.2. The molecule has 0 aliphatic rings. The van der Waals surface area contributed by atoms with Crippen LogP contribution in [0.4, 0.5) is 11.4 Å². The minimum absolute atomic E-state index is 0.437. The van der Waals surface area contributed by atoms with Crippen LogP contribution >= 0.6 is 34.8 Å². The minimum Gasteiger partial charge on any atom is -0.496 e. The maximum atomic E-state index is 6.17. The van der Waals surface area contributed by atoms with Gasteiger partial charge in [-0.25, -0.2) is 0 Å². The summed E-state index contributed by atoms with van der Waals surface area (Å²) in [6.07, 6.45) is 0. The number of ether oxygens (including phenoxy) is 1. The number of methoxy groups -OCH3 is 1. The molecular formula is C14H13Cl3N2O. The molecule has 0 amide bonds. The smallest absolute Gasteiger partial charge is 0.125 e. The van der Waals surface area contributed by atoms with Gasteiger partial charge in [-0.1, -0.05) is 40.9 Å². The molecule has 0 saturated heterocycles. The Kier molecular flexibility index (Phi) is 4.86. The van der Waals surface area contributed by atoms with E-state index in [2.05, 4.69) is 5.32 Å². The fourth-order valence-corrected chi connectivity index (χ4v) is 2.71. The van der Waals surface area contributed by atoms with E-state index in [1.165, 1.54) is 0 Å². The van der Waals surface area contributed by atoms with E-state index in [1.54, 1.807) is 25.3 Å². The van der Waals surface area contributed by atoms with E-state index in [1.807, 2.05) is 12.1 Å². The van der Waals surface area contributed by atoms with Gasteiger partial charge in [-0.15, -0.1) is 0 Å². The van der Waals surface area contributed by atoms with Crippen LogP contribution in [0.25, 0.3) is 0 Å². The zero-order valence-electron chi connectivity index (χ0n) is 10.7. The maximum absolute atomic E-state index is 6.17. The summed E-state index contributed by atoms with van der Waals surface area (Å²) in [6, 6.07) is 8.75. The van der Waals surface area contributed by atoms with Gasteiger partial charge in [-0.2, -0.15) is 0 Å². The highest BCUT2D eigenvalue weighted by molar-refractivity contribution is 6.39. The summed E-state index contributed by atoms with van der Waals surface area (Å²) < 4.78 is 5.28. The van der Waals surface area contributed by atoms with E-state index >= 15 is 0 Å². The third-order valence-electron chi connectivity index (χ3n) is 2.80. The Morgan fingerprint density at radius 1 is 1.10 bits per heavy atom. The van der Waals surface area contributed by atoms with Crippen LogP contribution in [0, 0.1) is 0 Å².